The van der Waals surface area contributed by atoms with E-state index >= 15 is 0 Å². The third-order valence-electron chi connectivity index (χ3n) is 10.6. The van der Waals surface area contributed by atoms with Gasteiger partial charge in [-0.1, -0.05) is 190 Å². The lowest BCUT2D eigenvalue weighted by molar-refractivity contribution is -0.138. The monoisotopic (exact) mass is 968 g/mol. The van der Waals surface area contributed by atoms with Crippen LogP contribution >= 0.6 is 0 Å². The molecule has 1 atom stereocenters. The van der Waals surface area contributed by atoms with Gasteiger partial charge in [-0.15, -0.1) is 0 Å². The molecule has 0 heterocycles. The Balaban J connectivity index is 0.000000428. The van der Waals surface area contributed by atoms with Crippen molar-refractivity contribution in [2.75, 3.05) is 47.2 Å². The Hall–Kier alpha value is -6.19. The van der Waals surface area contributed by atoms with Crippen LogP contribution in [0.25, 0.3) is 0 Å². The summed E-state index contributed by atoms with van der Waals surface area (Å²) in [5.41, 5.74) is 8.77. The number of hydrogen-bond donors (Lipinski definition) is 2. The quantitative estimate of drug-likeness (QED) is 0.0652. The topological polar surface area (TPSA) is 111 Å². The third kappa shape index (κ3) is 36.4. The lowest BCUT2D eigenvalue weighted by Gasteiger charge is -2.09. The normalized spacial score (nSPS) is 10.4. The first kappa shape index (κ1) is 62.8. The maximum absolute atomic E-state index is 10.8. The van der Waals surface area contributed by atoms with E-state index in [1.165, 1.54) is 40.3 Å². The van der Waals surface area contributed by atoms with E-state index in [2.05, 4.69) is 92.0 Å². The molecule has 0 radical (unpaired) electrons. The average molecular weight is 968 g/mol. The van der Waals surface area contributed by atoms with Crippen LogP contribution in [0.5, 0.6) is 0 Å². The van der Waals surface area contributed by atoms with E-state index in [1.807, 2.05) is 110 Å². The second-order valence-electron chi connectivity index (χ2n) is 17.4. The fourth-order valence-electron chi connectivity index (χ4n) is 6.65. The number of Topliss-reactive ketones (excluding diaryl/α,β-unsaturated/α-hetero) is 1. The maximum Gasteiger partial charge on any atom is 0.310 e. The average Bonchev–Trinajstić information content (AvgIpc) is 3.39. The van der Waals surface area contributed by atoms with Gasteiger partial charge in [0, 0.05) is 53.9 Å². The summed E-state index contributed by atoms with van der Waals surface area (Å²) >= 11 is 0. The van der Waals surface area contributed by atoms with Crippen LogP contribution < -0.4 is 5.32 Å². The van der Waals surface area contributed by atoms with Crippen LogP contribution in [0.15, 0.2) is 176 Å². The molecular formula is C63H85NO7. The van der Waals surface area contributed by atoms with Gasteiger partial charge in [0.15, 0.2) is 0 Å². The Kier molecular flexibility index (Phi) is 37.8. The predicted molar refractivity (Wildman–Crippen MR) is 295 cm³/mol. The molecule has 0 bridgehead atoms. The van der Waals surface area contributed by atoms with Gasteiger partial charge < -0.3 is 29.4 Å². The molecule has 0 fully saturated rings. The fourth-order valence-corrected chi connectivity index (χ4v) is 6.65. The zero-order chi connectivity index (χ0) is 52.2. The summed E-state index contributed by atoms with van der Waals surface area (Å²) in [7, 11) is 3.47. The Morgan fingerprint density at radius 3 is 1.25 bits per heavy atom. The number of benzene rings is 6. The molecule has 6 aromatic rings. The molecular weight excluding hydrogens is 883 g/mol. The molecule has 1 amide bonds. The van der Waals surface area contributed by atoms with E-state index < -0.39 is 11.9 Å². The smallest absolute Gasteiger partial charge is 0.310 e. The van der Waals surface area contributed by atoms with E-state index in [9.17, 15) is 14.4 Å². The Bertz CT molecular complexity index is 2150. The number of carbonyl (C=O) groups is 3. The summed E-state index contributed by atoms with van der Waals surface area (Å²) in [5, 5.41) is 11.6. The minimum absolute atomic E-state index is 0.0333. The molecule has 0 saturated heterocycles. The highest BCUT2D eigenvalue weighted by Crippen LogP contribution is 2.17. The molecule has 0 aromatic heterocycles. The first-order valence-corrected chi connectivity index (χ1v) is 25.2. The van der Waals surface area contributed by atoms with Crippen LogP contribution in [0.4, 0.5) is 0 Å². The van der Waals surface area contributed by atoms with Gasteiger partial charge >= 0.3 is 5.97 Å². The van der Waals surface area contributed by atoms with Crippen LogP contribution in [0.1, 0.15) is 106 Å². The Labute approximate surface area is 428 Å². The molecule has 0 saturated carbocycles. The first-order valence-electron chi connectivity index (χ1n) is 25.2. The lowest BCUT2D eigenvalue weighted by atomic mass is 9.97. The standard InChI is InChI=1S/C13H18O2.C11H16O.C10H13NO.C10H14O.C10H12O.C9H12O/c1-9(2)8-11-4-6-12(7-5-11)10(3)13(14)15;1-2-12-10-6-9-11-7-4-3-5-8-11;1-9(12)11-8-7-10-5-3-2-4-6-10;1-11-9-5-8-10-6-3-2-4-7-10;1-9(11)7-8-10-5-3-2-4-6-10;1-10-8-7-9-5-3-2-4-6-9/h4-7,9-10H,8H2,1-3H3,(H,14,15);3-5,7-8H,2,6,9-10H2,1H3;2-6H,7-8H2,1H3,(H,11,12);2-4,6-7H,5,8-9H2,1H3;2-6H,7-8H2,1H3;2-6H,7-8H2,1H3. The van der Waals surface area contributed by atoms with Gasteiger partial charge in [0.2, 0.25) is 5.91 Å². The minimum atomic E-state index is -0.772. The molecule has 384 valence electrons. The van der Waals surface area contributed by atoms with Crippen molar-refractivity contribution in [3.05, 3.63) is 215 Å². The molecule has 6 rings (SSSR count). The third-order valence-corrected chi connectivity index (χ3v) is 10.6. The molecule has 1 unspecified atom stereocenters. The van der Waals surface area contributed by atoms with Gasteiger partial charge in [0.05, 0.1) is 12.5 Å². The van der Waals surface area contributed by atoms with Gasteiger partial charge in [-0.25, -0.2) is 0 Å². The minimum Gasteiger partial charge on any atom is -0.481 e. The maximum atomic E-state index is 10.8. The summed E-state index contributed by atoms with van der Waals surface area (Å²) in [6, 6.07) is 59.4. The number of aliphatic carboxylic acids is 1. The molecule has 6 aromatic carbocycles. The highest BCUT2D eigenvalue weighted by molar-refractivity contribution is 5.76. The van der Waals surface area contributed by atoms with E-state index in [0.717, 1.165) is 89.9 Å². The number of carboxylic acids is 1. The number of methoxy groups -OCH3 is 2. The van der Waals surface area contributed by atoms with Crippen LogP contribution in [-0.4, -0.2) is 70.0 Å². The SMILES string of the molecule is CC(=O)CCc1ccccc1.CC(=O)NCCc1ccccc1.CC(C)Cc1ccc(C(C)C(=O)O)cc1.CCOCCCc1ccccc1.COCCCc1ccccc1.COCCc1ccccc1. The summed E-state index contributed by atoms with van der Waals surface area (Å²) in [5.74, 6) is -0.266. The van der Waals surface area contributed by atoms with Crippen molar-refractivity contribution in [1.29, 1.82) is 0 Å². The van der Waals surface area contributed by atoms with Crippen molar-refractivity contribution in [2.45, 2.75) is 105 Å². The number of carbonyl (C=O) groups excluding carboxylic acids is 2. The number of hydrogen-bond acceptors (Lipinski definition) is 6. The molecule has 8 nitrogen and oxygen atoms in total. The predicted octanol–water partition coefficient (Wildman–Crippen LogP) is 13.4. The summed E-state index contributed by atoms with van der Waals surface area (Å²) in [4.78, 5) is 31.9. The highest BCUT2D eigenvalue weighted by Gasteiger charge is 2.13. The van der Waals surface area contributed by atoms with Crippen LogP contribution in [-0.2, 0) is 67.1 Å². The number of ether oxygens (including phenoxy) is 3. The van der Waals surface area contributed by atoms with Crippen LogP contribution in [0.2, 0.25) is 0 Å². The van der Waals surface area contributed by atoms with Crippen molar-refractivity contribution in [1.82, 2.24) is 5.32 Å². The van der Waals surface area contributed by atoms with Crippen molar-refractivity contribution < 1.29 is 33.7 Å². The van der Waals surface area contributed by atoms with E-state index in [-0.39, 0.29) is 11.7 Å². The zero-order valence-corrected chi connectivity index (χ0v) is 44.2. The number of amides is 1. The number of ketones is 1. The second kappa shape index (κ2) is 42.7. The van der Waals surface area contributed by atoms with Crippen LogP contribution in [0.3, 0.4) is 0 Å². The number of carboxylic acid groups (broad SMARTS) is 1. The van der Waals surface area contributed by atoms with Gasteiger partial charge in [-0.05, 0) is 117 Å². The van der Waals surface area contributed by atoms with E-state index in [4.69, 9.17) is 19.3 Å². The highest BCUT2D eigenvalue weighted by atomic mass is 16.5. The van der Waals surface area contributed by atoms with E-state index in [1.54, 1.807) is 28.1 Å². The lowest BCUT2D eigenvalue weighted by Crippen LogP contribution is -2.22. The first-order chi connectivity index (χ1) is 34.4. The van der Waals surface area contributed by atoms with Crippen molar-refractivity contribution in [2.24, 2.45) is 5.92 Å². The molecule has 0 spiro atoms. The zero-order valence-electron chi connectivity index (χ0n) is 44.2. The van der Waals surface area contributed by atoms with Gasteiger partial charge in [-0.2, -0.15) is 0 Å². The molecule has 71 heavy (non-hydrogen) atoms. The molecule has 2 N–H and O–H groups in total. The van der Waals surface area contributed by atoms with Gasteiger partial charge in [0.1, 0.15) is 5.78 Å². The number of rotatable bonds is 22. The summed E-state index contributed by atoms with van der Waals surface area (Å²) in [6.45, 7) is 15.3. The van der Waals surface area contributed by atoms with Gasteiger partial charge in [0.25, 0.3) is 0 Å². The molecule has 0 aliphatic heterocycles. The van der Waals surface area contributed by atoms with Crippen molar-refractivity contribution >= 4 is 17.7 Å². The Morgan fingerprint density at radius 2 is 0.887 bits per heavy atom. The van der Waals surface area contributed by atoms with Gasteiger partial charge in [-0.3, -0.25) is 9.59 Å². The fraction of sp³-hybridized carbons (Fsp3) is 0.381. The van der Waals surface area contributed by atoms with E-state index in [0.29, 0.717) is 12.3 Å². The van der Waals surface area contributed by atoms with Crippen LogP contribution in [0, 0.1) is 5.92 Å². The molecule has 0 aliphatic rings. The Morgan fingerprint density at radius 1 is 0.493 bits per heavy atom. The second-order valence-corrected chi connectivity index (χ2v) is 17.4. The summed E-state index contributed by atoms with van der Waals surface area (Å²) < 4.78 is 15.2. The number of nitrogens with one attached hydrogen (secondary N) is 1. The summed E-state index contributed by atoms with van der Waals surface area (Å²) in [6.07, 6.45) is 8.97. The van der Waals surface area contributed by atoms with Crippen molar-refractivity contribution in [3.8, 4) is 0 Å². The largest absolute Gasteiger partial charge is 0.481 e. The van der Waals surface area contributed by atoms with Crippen molar-refractivity contribution in [3.63, 3.8) is 0 Å². The molecule has 0 aliphatic carbocycles. The number of aryl methyl sites for hydroxylation is 3. The molecule has 8 heteroatoms.